The lowest BCUT2D eigenvalue weighted by Gasteiger charge is -2.18. The fourth-order valence-electron chi connectivity index (χ4n) is 2.94. The maximum Gasteiger partial charge on any atom is 0.259 e. The molecule has 1 amide bonds. The van der Waals surface area contributed by atoms with Gasteiger partial charge < -0.3 is 0 Å². The molecule has 1 aliphatic rings. The van der Waals surface area contributed by atoms with Crippen molar-refractivity contribution in [2.45, 2.75) is 4.90 Å². The standard InChI is InChI=1S/C22H17NOS/c24-22-20-14-8-7-13-19(20)21(15-17-9-3-1-4-10-17)23(22)16-25-18-11-5-2-6-12-18/h1-15H,16H2/b21-15+. The molecule has 1 heterocycles. The number of carbonyl (C=O) groups excluding carboxylic acids is 1. The lowest BCUT2D eigenvalue weighted by Crippen LogP contribution is -2.22. The van der Waals surface area contributed by atoms with E-state index in [1.54, 1.807) is 11.8 Å². The summed E-state index contributed by atoms with van der Waals surface area (Å²) in [6.07, 6.45) is 2.09. The highest BCUT2D eigenvalue weighted by Crippen LogP contribution is 2.36. The number of hydrogen-bond acceptors (Lipinski definition) is 2. The van der Waals surface area contributed by atoms with Crippen molar-refractivity contribution in [3.05, 3.63) is 102 Å². The minimum Gasteiger partial charge on any atom is -0.298 e. The third kappa shape index (κ3) is 3.24. The summed E-state index contributed by atoms with van der Waals surface area (Å²) in [5.41, 5.74) is 3.84. The van der Waals surface area contributed by atoms with Crippen molar-refractivity contribution in [1.82, 2.24) is 4.90 Å². The van der Waals surface area contributed by atoms with Crippen LogP contribution in [0, 0.1) is 0 Å². The first-order valence-electron chi connectivity index (χ1n) is 8.19. The van der Waals surface area contributed by atoms with Crippen molar-refractivity contribution in [1.29, 1.82) is 0 Å². The molecule has 0 aromatic heterocycles. The van der Waals surface area contributed by atoms with E-state index in [1.165, 1.54) is 0 Å². The van der Waals surface area contributed by atoms with E-state index in [1.807, 2.05) is 65.6 Å². The Morgan fingerprint density at radius 3 is 2.08 bits per heavy atom. The smallest absolute Gasteiger partial charge is 0.259 e. The Hall–Kier alpha value is -2.78. The Labute approximate surface area is 151 Å². The second-order valence-corrected chi connectivity index (χ2v) is 6.82. The van der Waals surface area contributed by atoms with Gasteiger partial charge in [-0.2, -0.15) is 0 Å². The largest absolute Gasteiger partial charge is 0.298 e. The zero-order chi connectivity index (χ0) is 17.1. The number of fused-ring (bicyclic) bond motifs is 1. The van der Waals surface area contributed by atoms with Crippen LogP contribution in [0.1, 0.15) is 21.5 Å². The fourth-order valence-corrected chi connectivity index (χ4v) is 3.82. The van der Waals surface area contributed by atoms with Gasteiger partial charge in [0.25, 0.3) is 5.91 Å². The molecule has 0 bridgehead atoms. The third-order valence-electron chi connectivity index (χ3n) is 4.18. The topological polar surface area (TPSA) is 20.3 Å². The fraction of sp³-hybridized carbons (Fsp3) is 0.0455. The van der Waals surface area contributed by atoms with Gasteiger partial charge in [0.05, 0.1) is 11.6 Å². The summed E-state index contributed by atoms with van der Waals surface area (Å²) in [6.45, 7) is 0. The van der Waals surface area contributed by atoms with Gasteiger partial charge in [-0.1, -0.05) is 66.7 Å². The zero-order valence-corrected chi connectivity index (χ0v) is 14.4. The van der Waals surface area contributed by atoms with E-state index in [4.69, 9.17) is 0 Å². The maximum absolute atomic E-state index is 12.9. The van der Waals surface area contributed by atoms with Crippen LogP contribution in [0.4, 0.5) is 0 Å². The van der Waals surface area contributed by atoms with Crippen molar-refractivity contribution >= 4 is 29.4 Å². The van der Waals surface area contributed by atoms with Crippen LogP contribution in [0.2, 0.25) is 0 Å². The van der Waals surface area contributed by atoms with Gasteiger partial charge in [0.2, 0.25) is 0 Å². The molecule has 0 radical (unpaired) electrons. The number of amides is 1. The summed E-state index contributed by atoms with van der Waals surface area (Å²) in [7, 11) is 0. The van der Waals surface area contributed by atoms with Crippen molar-refractivity contribution in [2.24, 2.45) is 0 Å². The van der Waals surface area contributed by atoms with E-state index in [0.717, 1.165) is 27.3 Å². The molecule has 1 aliphatic heterocycles. The Kier molecular flexibility index (Phi) is 4.40. The van der Waals surface area contributed by atoms with E-state index >= 15 is 0 Å². The summed E-state index contributed by atoms with van der Waals surface area (Å²) in [6, 6.07) is 28.1. The molecular weight excluding hydrogens is 326 g/mol. The molecule has 0 aliphatic carbocycles. The van der Waals surface area contributed by atoms with Crippen LogP contribution in [0.5, 0.6) is 0 Å². The van der Waals surface area contributed by atoms with Crippen LogP contribution in [-0.4, -0.2) is 16.7 Å². The molecule has 0 N–H and O–H groups in total. The first-order chi connectivity index (χ1) is 12.3. The minimum absolute atomic E-state index is 0.0706. The quantitative estimate of drug-likeness (QED) is 0.592. The number of nitrogens with zero attached hydrogens (tertiary/aromatic N) is 1. The van der Waals surface area contributed by atoms with Gasteiger partial charge in [0, 0.05) is 16.0 Å². The number of thioether (sulfide) groups is 1. The van der Waals surface area contributed by atoms with Crippen LogP contribution >= 0.6 is 11.8 Å². The molecule has 122 valence electrons. The summed E-state index contributed by atoms with van der Waals surface area (Å²) in [5.74, 6) is 0.664. The third-order valence-corrected chi connectivity index (χ3v) is 5.17. The van der Waals surface area contributed by atoms with Gasteiger partial charge in [-0.25, -0.2) is 0 Å². The van der Waals surface area contributed by atoms with Crippen LogP contribution in [0.25, 0.3) is 11.8 Å². The Bertz CT molecular complexity index is 919. The predicted molar refractivity (Wildman–Crippen MR) is 104 cm³/mol. The van der Waals surface area contributed by atoms with Gasteiger partial charge in [0.15, 0.2) is 0 Å². The second-order valence-electron chi connectivity index (χ2n) is 5.81. The highest BCUT2D eigenvalue weighted by molar-refractivity contribution is 7.99. The number of benzene rings is 3. The summed E-state index contributed by atoms with van der Waals surface area (Å²) in [4.78, 5) is 15.9. The van der Waals surface area contributed by atoms with E-state index in [-0.39, 0.29) is 5.91 Å². The van der Waals surface area contributed by atoms with Crippen molar-refractivity contribution in [3.63, 3.8) is 0 Å². The molecule has 4 rings (SSSR count). The van der Waals surface area contributed by atoms with Crippen molar-refractivity contribution in [2.75, 3.05) is 5.88 Å². The monoisotopic (exact) mass is 343 g/mol. The van der Waals surface area contributed by atoms with Crippen LogP contribution < -0.4 is 0 Å². The SMILES string of the molecule is O=C1c2ccccc2/C(=C\c2ccccc2)N1CSc1ccccc1. The van der Waals surface area contributed by atoms with E-state index in [9.17, 15) is 4.79 Å². The highest BCUT2D eigenvalue weighted by Gasteiger charge is 2.31. The minimum atomic E-state index is 0.0706. The average Bonchev–Trinajstić information content (AvgIpc) is 2.94. The van der Waals surface area contributed by atoms with E-state index < -0.39 is 0 Å². The number of carbonyl (C=O) groups is 1. The molecule has 3 aromatic carbocycles. The van der Waals surface area contributed by atoms with Gasteiger partial charge in [0.1, 0.15) is 0 Å². The number of rotatable bonds is 4. The maximum atomic E-state index is 12.9. The molecule has 2 nitrogen and oxygen atoms in total. The molecule has 0 fully saturated rings. The first kappa shape index (κ1) is 15.7. The Balaban J connectivity index is 1.69. The van der Waals surface area contributed by atoms with E-state index in [0.29, 0.717) is 5.88 Å². The summed E-state index contributed by atoms with van der Waals surface area (Å²) >= 11 is 1.67. The van der Waals surface area contributed by atoms with Crippen LogP contribution in [0.15, 0.2) is 89.8 Å². The molecule has 0 unspecified atom stereocenters. The molecule has 0 atom stereocenters. The molecule has 0 spiro atoms. The first-order valence-corrected chi connectivity index (χ1v) is 9.17. The average molecular weight is 343 g/mol. The molecule has 3 aromatic rings. The Morgan fingerprint density at radius 1 is 0.760 bits per heavy atom. The molecule has 25 heavy (non-hydrogen) atoms. The molecule has 0 saturated carbocycles. The van der Waals surface area contributed by atoms with Crippen LogP contribution in [0.3, 0.4) is 0 Å². The normalized spacial score (nSPS) is 14.8. The lowest BCUT2D eigenvalue weighted by atomic mass is 10.1. The van der Waals surface area contributed by atoms with Gasteiger partial charge in [-0.15, -0.1) is 11.8 Å². The zero-order valence-electron chi connectivity index (χ0n) is 13.6. The predicted octanol–water partition coefficient (Wildman–Crippen LogP) is 5.39. The molecule has 0 saturated heterocycles. The summed E-state index contributed by atoms with van der Waals surface area (Å²) in [5, 5.41) is 0. The Morgan fingerprint density at radius 2 is 1.36 bits per heavy atom. The van der Waals surface area contributed by atoms with Crippen molar-refractivity contribution in [3.8, 4) is 0 Å². The molecular formula is C22H17NOS. The second kappa shape index (κ2) is 6.99. The summed E-state index contributed by atoms with van der Waals surface area (Å²) < 4.78 is 0. The highest BCUT2D eigenvalue weighted by atomic mass is 32.2. The van der Waals surface area contributed by atoms with Gasteiger partial charge in [-0.3, -0.25) is 9.69 Å². The van der Waals surface area contributed by atoms with E-state index in [2.05, 4.69) is 30.3 Å². The number of hydrogen-bond donors (Lipinski definition) is 0. The molecule has 3 heteroatoms. The van der Waals surface area contributed by atoms with Crippen LogP contribution in [-0.2, 0) is 0 Å². The van der Waals surface area contributed by atoms with Crippen molar-refractivity contribution < 1.29 is 4.79 Å². The van der Waals surface area contributed by atoms with Gasteiger partial charge >= 0.3 is 0 Å². The van der Waals surface area contributed by atoms with Gasteiger partial charge in [-0.05, 0) is 29.8 Å². The lowest BCUT2D eigenvalue weighted by molar-refractivity contribution is 0.0869.